The van der Waals surface area contributed by atoms with Crippen LogP contribution in [-0.2, 0) is 11.2 Å². The predicted octanol–water partition coefficient (Wildman–Crippen LogP) is 3.45. The predicted molar refractivity (Wildman–Crippen MR) is 115 cm³/mol. The minimum atomic E-state index is 0. The quantitative estimate of drug-likeness (QED) is 0.215. The molecular formula is C19H33IN4O. The Bertz CT molecular complexity index is 502. The van der Waals surface area contributed by atoms with Crippen LogP contribution < -0.4 is 10.6 Å². The van der Waals surface area contributed by atoms with E-state index < -0.39 is 0 Å². The molecule has 0 saturated heterocycles. The van der Waals surface area contributed by atoms with Gasteiger partial charge in [-0.15, -0.1) is 24.0 Å². The first-order valence-electron chi connectivity index (χ1n) is 9.25. The minimum absolute atomic E-state index is 0. The van der Waals surface area contributed by atoms with Crippen molar-refractivity contribution in [3.8, 4) is 0 Å². The number of nitrogens with zero attached hydrogens (tertiary/aromatic N) is 2. The first kappa shape index (κ1) is 22.2. The Labute approximate surface area is 169 Å². The van der Waals surface area contributed by atoms with E-state index in [1.54, 1.807) is 7.05 Å². The molecule has 1 aliphatic carbocycles. The van der Waals surface area contributed by atoms with E-state index in [1.807, 2.05) is 12.4 Å². The maximum Gasteiger partial charge on any atom is 0.191 e. The second kappa shape index (κ2) is 13.3. The molecule has 142 valence electrons. The Kier molecular flexibility index (Phi) is 11.8. The van der Waals surface area contributed by atoms with Gasteiger partial charge in [-0.05, 0) is 43.4 Å². The van der Waals surface area contributed by atoms with E-state index in [-0.39, 0.29) is 24.0 Å². The van der Waals surface area contributed by atoms with E-state index >= 15 is 0 Å². The van der Waals surface area contributed by atoms with Gasteiger partial charge in [-0.2, -0.15) is 0 Å². The van der Waals surface area contributed by atoms with Crippen LogP contribution >= 0.6 is 24.0 Å². The summed E-state index contributed by atoms with van der Waals surface area (Å²) in [4.78, 5) is 8.40. The second-order valence-corrected chi connectivity index (χ2v) is 6.46. The zero-order chi connectivity index (χ0) is 17.0. The summed E-state index contributed by atoms with van der Waals surface area (Å²) >= 11 is 0. The third-order valence-corrected chi connectivity index (χ3v) is 4.60. The molecule has 0 spiro atoms. The van der Waals surface area contributed by atoms with Gasteiger partial charge in [0, 0.05) is 32.5 Å². The molecule has 1 aromatic rings. The van der Waals surface area contributed by atoms with Crippen LogP contribution in [0.25, 0.3) is 0 Å². The summed E-state index contributed by atoms with van der Waals surface area (Å²) in [7, 11) is 1.80. The normalized spacial score (nSPS) is 16.0. The Hall–Kier alpha value is -0.890. The number of nitrogens with one attached hydrogen (secondary N) is 2. The fraction of sp³-hybridized carbons (Fsp3) is 0.684. The minimum Gasteiger partial charge on any atom is -0.376 e. The molecule has 0 bridgehead atoms. The summed E-state index contributed by atoms with van der Waals surface area (Å²) in [6.45, 7) is 4.49. The van der Waals surface area contributed by atoms with Gasteiger partial charge in [-0.25, -0.2) is 0 Å². The van der Waals surface area contributed by atoms with Gasteiger partial charge in [0.25, 0.3) is 0 Å². The standard InChI is InChI=1S/C19H32N4O.HI/c1-16-15-21-11-9-17(16)10-12-22-19(20-2)23-13-14-24-18-7-5-3-4-6-8-18;/h9,11,15,18H,3-8,10,12-14H2,1-2H3,(H2,20,22,23);1H. The molecule has 6 heteroatoms. The SMILES string of the molecule is CN=C(NCCOC1CCCCCC1)NCCc1ccncc1C.I. The molecule has 5 nitrogen and oxygen atoms in total. The maximum atomic E-state index is 6.00. The van der Waals surface area contributed by atoms with Crippen LogP contribution in [0.15, 0.2) is 23.5 Å². The van der Waals surface area contributed by atoms with E-state index in [1.165, 1.54) is 49.7 Å². The van der Waals surface area contributed by atoms with Crippen molar-refractivity contribution >= 4 is 29.9 Å². The van der Waals surface area contributed by atoms with Gasteiger partial charge in [-0.1, -0.05) is 25.7 Å². The number of rotatable bonds is 7. The highest BCUT2D eigenvalue weighted by atomic mass is 127. The zero-order valence-electron chi connectivity index (χ0n) is 15.6. The number of hydrogen-bond donors (Lipinski definition) is 2. The number of aromatic nitrogens is 1. The maximum absolute atomic E-state index is 6.00. The lowest BCUT2D eigenvalue weighted by atomic mass is 10.1. The lowest BCUT2D eigenvalue weighted by Crippen LogP contribution is -2.40. The van der Waals surface area contributed by atoms with Crippen LogP contribution in [0.1, 0.15) is 49.7 Å². The molecule has 1 saturated carbocycles. The third kappa shape index (κ3) is 8.85. The van der Waals surface area contributed by atoms with Gasteiger partial charge in [0.1, 0.15) is 0 Å². The highest BCUT2D eigenvalue weighted by Gasteiger charge is 2.12. The third-order valence-electron chi connectivity index (χ3n) is 4.60. The fourth-order valence-corrected chi connectivity index (χ4v) is 3.12. The van der Waals surface area contributed by atoms with Crippen LogP contribution in [-0.4, -0.2) is 43.8 Å². The molecule has 1 aliphatic rings. The van der Waals surface area contributed by atoms with Crippen molar-refractivity contribution in [1.82, 2.24) is 15.6 Å². The molecule has 0 amide bonds. The first-order chi connectivity index (χ1) is 11.8. The van der Waals surface area contributed by atoms with Crippen LogP contribution in [0, 0.1) is 6.92 Å². The topological polar surface area (TPSA) is 58.5 Å². The summed E-state index contributed by atoms with van der Waals surface area (Å²) < 4.78 is 6.00. The average Bonchev–Trinajstić information content (AvgIpc) is 2.87. The Morgan fingerprint density at radius 3 is 2.60 bits per heavy atom. The number of aliphatic imine (C=N–C) groups is 1. The van der Waals surface area contributed by atoms with E-state index in [9.17, 15) is 0 Å². The molecule has 1 aromatic heterocycles. The molecule has 2 rings (SSSR count). The zero-order valence-corrected chi connectivity index (χ0v) is 17.9. The average molecular weight is 460 g/mol. The smallest absolute Gasteiger partial charge is 0.191 e. The Balaban J connectivity index is 0.00000312. The summed E-state index contributed by atoms with van der Waals surface area (Å²) in [6.07, 6.45) is 13.0. The highest BCUT2D eigenvalue weighted by Crippen LogP contribution is 2.19. The first-order valence-corrected chi connectivity index (χ1v) is 9.25. The molecule has 25 heavy (non-hydrogen) atoms. The van der Waals surface area contributed by atoms with Gasteiger partial charge < -0.3 is 15.4 Å². The van der Waals surface area contributed by atoms with Crippen molar-refractivity contribution in [1.29, 1.82) is 0 Å². The highest BCUT2D eigenvalue weighted by molar-refractivity contribution is 14.0. The van der Waals surface area contributed by atoms with Gasteiger partial charge in [0.05, 0.1) is 12.7 Å². The molecule has 1 fully saturated rings. The van der Waals surface area contributed by atoms with Crippen LogP contribution in [0.2, 0.25) is 0 Å². The molecular weight excluding hydrogens is 427 g/mol. The summed E-state index contributed by atoms with van der Waals surface area (Å²) in [5.74, 6) is 0.839. The number of hydrogen-bond acceptors (Lipinski definition) is 3. The van der Waals surface area contributed by atoms with Crippen molar-refractivity contribution in [3.05, 3.63) is 29.6 Å². The van der Waals surface area contributed by atoms with E-state index in [2.05, 4.69) is 33.6 Å². The van der Waals surface area contributed by atoms with E-state index in [4.69, 9.17) is 4.74 Å². The lowest BCUT2D eigenvalue weighted by molar-refractivity contribution is 0.0468. The lowest BCUT2D eigenvalue weighted by Gasteiger charge is -2.17. The Morgan fingerprint density at radius 2 is 1.92 bits per heavy atom. The second-order valence-electron chi connectivity index (χ2n) is 6.46. The van der Waals surface area contributed by atoms with Gasteiger partial charge in [0.15, 0.2) is 5.96 Å². The monoisotopic (exact) mass is 460 g/mol. The van der Waals surface area contributed by atoms with Crippen molar-refractivity contribution < 1.29 is 4.74 Å². The van der Waals surface area contributed by atoms with Gasteiger partial charge in [-0.3, -0.25) is 9.98 Å². The van der Waals surface area contributed by atoms with E-state index in [0.717, 1.165) is 32.1 Å². The number of pyridine rings is 1. The summed E-state index contributed by atoms with van der Waals surface area (Å²) in [6, 6.07) is 2.08. The molecule has 0 unspecified atom stereocenters. The molecule has 0 atom stereocenters. The van der Waals surface area contributed by atoms with Gasteiger partial charge in [0.2, 0.25) is 0 Å². The van der Waals surface area contributed by atoms with Crippen molar-refractivity contribution in [2.75, 3.05) is 26.7 Å². The van der Waals surface area contributed by atoms with Crippen molar-refractivity contribution in [3.63, 3.8) is 0 Å². The molecule has 0 radical (unpaired) electrons. The number of aryl methyl sites for hydroxylation is 1. The van der Waals surface area contributed by atoms with Crippen LogP contribution in [0.4, 0.5) is 0 Å². The van der Waals surface area contributed by atoms with Crippen LogP contribution in [0.5, 0.6) is 0 Å². The number of halogens is 1. The fourth-order valence-electron chi connectivity index (χ4n) is 3.12. The largest absolute Gasteiger partial charge is 0.376 e. The molecule has 0 aliphatic heterocycles. The van der Waals surface area contributed by atoms with E-state index in [0.29, 0.717) is 6.10 Å². The summed E-state index contributed by atoms with van der Waals surface area (Å²) in [5, 5.41) is 6.68. The van der Waals surface area contributed by atoms with Crippen molar-refractivity contribution in [2.24, 2.45) is 4.99 Å². The summed E-state index contributed by atoms with van der Waals surface area (Å²) in [5.41, 5.74) is 2.56. The molecule has 2 N–H and O–H groups in total. The van der Waals surface area contributed by atoms with Crippen molar-refractivity contribution in [2.45, 2.75) is 58.0 Å². The van der Waals surface area contributed by atoms with Gasteiger partial charge >= 0.3 is 0 Å². The van der Waals surface area contributed by atoms with Crippen LogP contribution in [0.3, 0.4) is 0 Å². The number of guanidine groups is 1. The number of ether oxygens (including phenoxy) is 1. The Morgan fingerprint density at radius 1 is 1.20 bits per heavy atom. The molecule has 1 heterocycles. The molecule has 0 aromatic carbocycles.